The first-order chi connectivity index (χ1) is 8.67. The summed E-state index contributed by atoms with van der Waals surface area (Å²) in [6.45, 7) is 5.89. The molecule has 0 aliphatic carbocycles. The molecule has 0 atom stereocenters. The average Bonchev–Trinajstić information content (AvgIpc) is 2.73. The molecule has 1 N–H and O–H groups in total. The maximum absolute atomic E-state index is 6.11. The lowest BCUT2D eigenvalue weighted by Gasteiger charge is -2.10. The molecule has 0 saturated carbocycles. The third-order valence-corrected chi connectivity index (χ3v) is 3.37. The molecule has 18 heavy (non-hydrogen) atoms. The number of aromatic nitrogens is 2. The summed E-state index contributed by atoms with van der Waals surface area (Å²) in [4.78, 5) is 0. The summed E-state index contributed by atoms with van der Waals surface area (Å²) in [6.07, 6.45) is 1.92. The van der Waals surface area contributed by atoms with Crippen LogP contribution in [0.4, 0.5) is 0 Å². The topological polar surface area (TPSA) is 29.9 Å². The van der Waals surface area contributed by atoms with Crippen molar-refractivity contribution in [3.63, 3.8) is 0 Å². The van der Waals surface area contributed by atoms with Gasteiger partial charge in [-0.3, -0.25) is 4.68 Å². The van der Waals surface area contributed by atoms with E-state index in [1.54, 1.807) is 0 Å². The molecule has 0 bridgehead atoms. The van der Waals surface area contributed by atoms with Crippen LogP contribution in [0.5, 0.6) is 0 Å². The van der Waals surface area contributed by atoms with Gasteiger partial charge in [0, 0.05) is 29.4 Å². The van der Waals surface area contributed by atoms with Gasteiger partial charge in [0.25, 0.3) is 0 Å². The van der Waals surface area contributed by atoms with Crippen molar-refractivity contribution in [1.29, 1.82) is 0 Å². The normalized spacial score (nSPS) is 10.9. The van der Waals surface area contributed by atoms with Crippen LogP contribution in [0.15, 0.2) is 24.4 Å². The molecule has 0 aliphatic heterocycles. The van der Waals surface area contributed by atoms with E-state index in [0.29, 0.717) is 0 Å². The number of rotatable bonds is 4. The van der Waals surface area contributed by atoms with Crippen molar-refractivity contribution < 1.29 is 0 Å². The average molecular weight is 264 g/mol. The summed E-state index contributed by atoms with van der Waals surface area (Å²) in [6, 6.07) is 6.01. The molecule has 96 valence electrons. The Morgan fingerprint density at radius 2 is 2.11 bits per heavy atom. The van der Waals surface area contributed by atoms with Gasteiger partial charge in [-0.2, -0.15) is 5.10 Å². The zero-order chi connectivity index (χ0) is 13.1. The first-order valence-electron chi connectivity index (χ1n) is 6.13. The highest BCUT2D eigenvalue weighted by Crippen LogP contribution is 2.29. The Bertz CT molecular complexity index is 546. The van der Waals surface area contributed by atoms with Crippen LogP contribution in [-0.2, 0) is 13.1 Å². The van der Waals surface area contributed by atoms with Gasteiger partial charge in [-0.15, -0.1) is 0 Å². The van der Waals surface area contributed by atoms with Crippen LogP contribution in [-0.4, -0.2) is 16.8 Å². The number of nitrogens with one attached hydrogen (secondary N) is 1. The van der Waals surface area contributed by atoms with Crippen molar-refractivity contribution in [2.75, 3.05) is 7.05 Å². The maximum atomic E-state index is 6.11. The minimum Gasteiger partial charge on any atom is -0.316 e. The molecule has 1 aromatic carbocycles. The van der Waals surface area contributed by atoms with E-state index in [4.69, 9.17) is 11.6 Å². The number of hydrogen-bond donors (Lipinski definition) is 1. The summed E-state index contributed by atoms with van der Waals surface area (Å²) in [7, 11) is 1.95. The summed E-state index contributed by atoms with van der Waals surface area (Å²) >= 11 is 6.11. The van der Waals surface area contributed by atoms with Crippen molar-refractivity contribution in [2.45, 2.75) is 26.9 Å². The molecule has 1 heterocycles. The monoisotopic (exact) mass is 263 g/mol. The molecular formula is C14H18ClN3. The zero-order valence-corrected chi connectivity index (χ0v) is 11.8. The number of benzene rings is 1. The number of hydrogen-bond acceptors (Lipinski definition) is 2. The van der Waals surface area contributed by atoms with E-state index in [2.05, 4.69) is 30.3 Å². The van der Waals surface area contributed by atoms with Crippen LogP contribution < -0.4 is 5.32 Å². The van der Waals surface area contributed by atoms with E-state index < -0.39 is 0 Å². The van der Waals surface area contributed by atoms with Gasteiger partial charge in [0.15, 0.2) is 0 Å². The van der Waals surface area contributed by atoms with E-state index in [0.717, 1.165) is 29.2 Å². The van der Waals surface area contributed by atoms with Crippen LogP contribution in [0.25, 0.3) is 11.1 Å². The Kier molecular flexibility index (Phi) is 4.04. The number of nitrogens with zero attached hydrogens (tertiary/aromatic N) is 2. The minimum atomic E-state index is 0.758. The molecule has 0 saturated heterocycles. The molecular weight excluding hydrogens is 246 g/mol. The molecule has 1 aromatic heterocycles. The van der Waals surface area contributed by atoms with Crippen LogP contribution >= 0.6 is 11.6 Å². The molecule has 0 aliphatic rings. The third-order valence-electron chi connectivity index (χ3n) is 3.13. The molecule has 0 unspecified atom stereocenters. The second-order valence-electron chi connectivity index (χ2n) is 4.29. The standard InChI is InChI=1S/C14H18ClN3/c1-4-18-10(2)14(9-17-18)13-7-12(15)6-5-11(13)8-16-3/h5-7,9,16H,4,8H2,1-3H3. The van der Waals surface area contributed by atoms with Crippen LogP contribution in [0.1, 0.15) is 18.2 Å². The Morgan fingerprint density at radius 3 is 2.72 bits per heavy atom. The lowest BCUT2D eigenvalue weighted by molar-refractivity contribution is 0.640. The second-order valence-corrected chi connectivity index (χ2v) is 4.73. The predicted octanol–water partition coefficient (Wildman–Crippen LogP) is 3.25. The van der Waals surface area contributed by atoms with E-state index >= 15 is 0 Å². The fraction of sp³-hybridized carbons (Fsp3) is 0.357. The van der Waals surface area contributed by atoms with Gasteiger partial charge in [0.05, 0.1) is 6.20 Å². The number of aryl methyl sites for hydroxylation is 1. The van der Waals surface area contributed by atoms with Gasteiger partial charge < -0.3 is 5.32 Å². The van der Waals surface area contributed by atoms with Gasteiger partial charge in [0.1, 0.15) is 0 Å². The first-order valence-corrected chi connectivity index (χ1v) is 6.51. The van der Waals surface area contributed by atoms with Gasteiger partial charge in [-0.05, 0) is 44.2 Å². The molecule has 2 rings (SSSR count). The van der Waals surface area contributed by atoms with Gasteiger partial charge >= 0.3 is 0 Å². The molecule has 3 nitrogen and oxygen atoms in total. The SMILES string of the molecule is CCn1ncc(-c2cc(Cl)ccc2CNC)c1C. The quantitative estimate of drug-likeness (QED) is 0.918. The molecule has 0 radical (unpaired) electrons. The van der Waals surface area contributed by atoms with E-state index in [1.807, 2.05) is 30.1 Å². The van der Waals surface area contributed by atoms with Crippen molar-refractivity contribution in [3.05, 3.63) is 40.7 Å². The lowest BCUT2D eigenvalue weighted by atomic mass is 10.0. The highest BCUT2D eigenvalue weighted by atomic mass is 35.5. The van der Waals surface area contributed by atoms with Gasteiger partial charge in [0.2, 0.25) is 0 Å². The Hall–Kier alpha value is -1.32. The van der Waals surface area contributed by atoms with Gasteiger partial charge in [-0.25, -0.2) is 0 Å². The predicted molar refractivity (Wildman–Crippen MR) is 75.8 cm³/mol. The number of halogens is 1. The summed E-state index contributed by atoms with van der Waals surface area (Å²) in [5, 5.41) is 8.34. The van der Waals surface area contributed by atoms with Crippen LogP contribution in [0.3, 0.4) is 0 Å². The van der Waals surface area contributed by atoms with Crippen molar-refractivity contribution >= 4 is 11.6 Å². The summed E-state index contributed by atoms with van der Waals surface area (Å²) in [5.74, 6) is 0. The van der Waals surface area contributed by atoms with Crippen LogP contribution in [0.2, 0.25) is 5.02 Å². The van der Waals surface area contributed by atoms with Crippen molar-refractivity contribution in [2.24, 2.45) is 0 Å². The highest BCUT2D eigenvalue weighted by Gasteiger charge is 2.12. The second kappa shape index (κ2) is 5.55. The minimum absolute atomic E-state index is 0.758. The molecule has 0 spiro atoms. The van der Waals surface area contributed by atoms with E-state index in [1.165, 1.54) is 11.3 Å². The molecule has 0 amide bonds. The van der Waals surface area contributed by atoms with Crippen molar-refractivity contribution in [3.8, 4) is 11.1 Å². The fourth-order valence-corrected chi connectivity index (χ4v) is 2.35. The summed E-state index contributed by atoms with van der Waals surface area (Å²) in [5.41, 5.74) is 4.73. The largest absolute Gasteiger partial charge is 0.316 e. The first kappa shape index (κ1) is 13.1. The Morgan fingerprint density at radius 1 is 1.33 bits per heavy atom. The third kappa shape index (κ3) is 2.42. The lowest BCUT2D eigenvalue weighted by Crippen LogP contribution is -2.06. The van der Waals surface area contributed by atoms with Crippen molar-refractivity contribution in [1.82, 2.24) is 15.1 Å². The van der Waals surface area contributed by atoms with Crippen LogP contribution in [0, 0.1) is 6.92 Å². The maximum Gasteiger partial charge on any atom is 0.0571 e. The zero-order valence-electron chi connectivity index (χ0n) is 11.0. The van der Waals surface area contributed by atoms with E-state index in [-0.39, 0.29) is 0 Å². The Labute approximate surface area is 113 Å². The van der Waals surface area contributed by atoms with Gasteiger partial charge in [-0.1, -0.05) is 17.7 Å². The van der Waals surface area contributed by atoms with E-state index in [9.17, 15) is 0 Å². The molecule has 2 aromatic rings. The highest BCUT2D eigenvalue weighted by molar-refractivity contribution is 6.30. The molecule has 0 fully saturated rings. The smallest absolute Gasteiger partial charge is 0.0571 e. The molecule has 4 heteroatoms. The fourth-order valence-electron chi connectivity index (χ4n) is 2.17. The summed E-state index contributed by atoms with van der Waals surface area (Å²) < 4.78 is 2.00. The Balaban J connectivity index is 2.54.